The number of carbonyl (C=O) groups is 1. The van der Waals surface area contributed by atoms with Crippen LogP contribution in [0.25, 0.3) is 0 Å². The first-order valence-corrected chi connectivity index (χ1v) is 7.86. The number of nitrogens with two attached hydrogens (primary N) is 1. The average Bonchev–Trinajstić information content (AvgIpc) is 2.26. The zero-order chi connectivity index (χ0) is 15.3. The smallest absolute Gasteiger partial charge is 0.240 e. The number of hydrogen-bond acceptors (Lipinski definition) is 4. The van der Waals surface area contributed by atoms with Gasteiger partial charge in [-0.3, -0.25) is 4.79 Å². The number of hydrogen-bond donors (Lipinski definition) is 3. The Morgan fingerprint density at radius 3 is 2.55 bits per heavy atom. The van der Waals surface area contributed by atoms with Crippen LogP contribution in [0.15, 0.2) is 23.1 Å². The molecule has 0 aliphatic rings. The second-order valence-electron chi connectivity index (χ2n) is 4.89. The Kier molecular flexibility index (Phi) is 5.52. The first kappa shape index (κ1) is 16.5. The van der Waals surface area contributed by atoms with Gasteiger partial charge in [-0.05, 0) is 44.5 Å². The van der Waals surface area contributed by atoms with Gasteiger partial charge in [-0.15, -0.1) is 0 Å². The van der Waals surface area contributed by atoms with Gasteiger partial charge in [0.1, 0.15) is 0 Å². The zero-order valence-corrected chi connectivity index (χ0v) is 12.8. The van der Waals surface area contributed by atoms with Crippen LogP contribution in [-0.2, 0) is 14.8 Å². The molecule has 0 radical (unpaired) electrons. The number of nitrogen functional groups attached to an aromatic ring is 1. The number of aryl methyl sites for hydroxylation is 1. The minimum Gasteiger partial charge on any atom is -0.399 e. The van der Waals surface area contributed by atoms with Crippen LogP contribution in [0.3, 0.4) is 0 Å². The summed E-state index contributed by atoms with van der Waals surface area (Å²) in [6.07, 6.45) is 0.103. The van der Waals surface area contributed by atoms with E-state index in [1.54, 1.807) is 13.0 Å². The molecule has 0 bridgehead atoms. The molecule has 0 aliphatic carbocycles. The van der Waals surface area contributed by atoms with Gasteiger partial charge < -0.3 is 11.1 Å². The highest BCUT2D eigenvalue weighted by atomic mass is 32.2. The van der Waals surface area contributed by atoms with Gasteiger partial charge in [-0.25, -0.2) is 13.1 Å². The van der Waals surface area contributed by atoms with Crippen LogP contribution in [-0.4, -0.2) is 26.9 Å². The third-order valence-corrected chi connectivity index (χ3v) is 4.20. The van der Waals surface area contributed by atoms with Crippen molar-refractivity contribution in [1.29, 1.82) is 0 Å². The Balaban J connectivity index is 2.64. The van der Waals surface area contributed by atoms with Crippen LogP contribution < -0.4 is 15.8 Å². The number of nitrogens with one attached hydrogen (secondary N) is 2. The van der Waals surface area contributed by atoms with Crippen molar-refractivity contribution in [3.63, 3.8) is 0 Å². The van der Waals surface area contributed by atoms with Crippen LogP contribution in [0, 0.1) is 6.92 Å². The van der Waals surface area contributed by atoms with Gasteiger partial charge in [0.15, 0.2) is 0 Å². The lowest BCUT2D eigenvalue weighted by Crippen LogP contribution is -2.34. The van der Waals surface area contributed by atoms with E-state index in [9.17, 15) is 13.2 Å². The summed E-state index contributed by atoms with van der Waals surface area (Å²) < 4.78 is 26.6. The predicted molar refractivity (Wildman–Crippen MR) is 78.7 cm³/mol. The molecule has 0 fully saturated rings. The highest BCUT2D eigenvalue weighted by molar-refractivity contribution is 7.89. The van der Waals surface area contributed by atoms with E-state index in [2.05, 4.69) is 10.0 Å². The summed E-state index contributed by atoms with van der Waals surface area (Å²) in [5.74, 6) is -0.184. The molecule has 0 saturated carbocycles. The number of carbonyl (C=O) groups excluding carboxylic acids is 1. The summed E-state index contributed by atoms with van der Waals surface area (Å²) in [4.78, 5) is 11.6. The fourth-order valence-electron chi connectivity index (χ4n) is 1.74. The number of anilines is 1. The monoisotopic (exact) mass is 299 g/mol. The maximum Gasteiger partial charge on any atom is 0.240 e. The number of benzene rings is 1. The minimum atomic E-state index is -3.62. The van der Waals surface area contributed by atoms with Crippen molar-refractivity contribution in [2.24, 2.45) is 0 Å². The molecule has 0 unspecified atom stereocenters. The standard InChI is InChI=1S/C13H21N3O3S/c1-9(2)16-13(17)6-7-15-20(18,19)12-5-4-11(14)8-10(12)3/h4-5,8-9,15H,6-7,14H2,1-3H3,(H,16,17). The largest absolute Gasteiger partial charge is 0.399 e. The van der Waals surface area contributed by atoms with Gasteiger partial charge in [-0.2, -0.15) is 0 Å². The van der Waals surface area contributed by atoms with Gasteiger partial charge in [0.2, 0.25) is 15.9 Å². The van der Waals surface area contributed by atoms with Crippen molar-refractivity contribution in [2.75, 3.05) is 12.3 Å². The third kappa shape index (κ3) is 4.82. The predicted octanol–water partition coefficient (Wildman–Crippen LogP) is 0.770. The maximum absolute atomic E-state index is 12.1. The Hall–Kier alpha value is -1.60. The number of rotatable bonds is 6. The minimum absolute atomic E-state index is 0.0402. The Morgan fingerprint density at radius 2 is 2.00 bits per heavy atom. The summed E-state index contributed by atoms with van der Waals surface area (Å²) in [6, 6.07) is 4.63. The summed E-state index contributed by atoms with van der Waals surface area (Å²) in [5, 5.41) is 2.70. The summed E-state index contributed by atoms with van der Waals surface area (Å²) >= 11 is 0. The van der Waals surface area contributed by atoms with Crippen LogP contribution >= 0.6 is 0 Å². The van der Waals surface area contributed by atoms with Crippen molar-refractivity contribution in [2.45, 2.75) is 38.1 Å². The van der Waals surface area contributed by atoms with Crippen molar-refractivity contribution in [3.05, 3.63) is 23.8 Å². The molecular formula is C13H21N3O3S. The first-order chi connectivity index (χ1) is 9.22. The molecule has 20 heavy (non-hydrogen) atoms. The normalized spacial score (nSPS) is 11.6. The van der Waals surface area contributed by atoms with Gasteiger partial charge in [-0.1, -0.05) is 0 Å². The lowest BCUT2D eigenvalue weighted by Gasteiger charge is -2.11. The summed E-state index contributed by atoms with van der Waals surface area (Å²) in [6.45, 7) is 5.43. The van der Waals surface area contributed by atoms with Crippen LogP contribution in [0.4, 0.5) is 5.69 Å². The Bertz CT molecular complexity index is 583. The fourth-order valence-corrected chi connectivity index (χ4v) is 3.00. The molecule has 0 atom stereocenters. The summed E-state index contributed by atoms with van der Waals surface area (Å²) in [7, 11) is -3.62. The van der Waals surface area contributed by atoms with Crippen LogP contribution in [0.2, 0.25) is 0 Å². The van der Waals surface area contributed by atoms with Gasteiger partial charge in [0.25, 0.3) is 0 Å². The van der Waals surface area contributed by atoms with Gasteiger partial charge >= 0.3 is 0 Å². The highest BCUT2D eigenvalue weighted by Gasteiger charge is 2.16. The molecule has 0 aromatic heterocycles. The lowest BCUT2D eigenvalue weighted by molar-refractivity contribution is -0.121. The van der Waals surface area contributed by atoms with E-state index in [4.69, 9.17) is 5.73 Å². The molecule has 0 aliphatic heterocycles. The fraction of sp³-hybridized carbons (Fsp3) is 0.462. The van der Waals surface area contributed by atoms with E-state index in [0.717, 1.165) is 0 Å². The molecule has 0 spiro atoms. The molecule has 1 aromatic rings. The molecule has 6 nitrogen and oxygen atoms in total. The van der Waals surface area contributed by atoms with Crippen LogP contribution in [0.5, 0.6) is 0 Å². The maximum atomic E-state index is 12.1. The second-order valence-corrected chi connectivity index (χ2v) is 6.63. The molecule has 112 valence electrons. The van der Waals surface area contributed by atoms with Crippen molar-refractivity contribution in [3.8, 4) is 0 Å². The van der Waals surface area contributed by atoms with Crippen LogP contribution in [0.1, 0.15) is 25.8 Å². The molecule has 4 N–H and O–H groups in total. The number of sulfonamides is 1. The highest BCUT2D eigenvalue weighted by Crippen LogP contribution is 2.17. The average molecular weight is 299 g/mol. The van der Waals surface area contributed by atoms with Crippen molar-refractivity contribution in [1.82, 2.24) is 10.0 Å². The molecule has 1 rings (SSSR count). The Morgan fingerprint density at radius 1 is 1.35 bits per heavy atom. The van der Waals surface area contributed by atoms with E-state index in [1.165, 1.54) is 12.1 Å². The van der Waals surface area contributed by atoms with E-state index in [0.29, 0.717) is 11.3 Å². The lowest BCUT2D eigenvalue weighted by atomic mass is 10.2. The topological polar surface area (TPSA) is 101 Å². The van der Waals surface area contributed by atoms with Crippen molar-refractivity contribution < 1.29 is 13.2 Å². The second kappa shape index (κ2) is 6.71. The van der Waals surface area contributed by atoms with E-state index in [1.807, 2.05) is 13.8 Å². The van der Waals surface area contributed by atoms with E-state index < -0.39 is 10.0 Å². The molecule has 0 heterocycles. The van der Waals surface area contributed by atoms with Gasteiger partial charge in [0.05, 0.1) is 4.90 Å². The molecule has 7 heteroatoms. The zero-order valence-electron chi connectivity index (χ0n) is 11.9. The SMILES string of the molecule is Cc1cc(N)ccc1S(=O)(=O)NCCC(=O)NC(C)C. The summed E-state index contributed by atoms with van der Waals surface area (Å²) in [5.41, 5.74) is 6.67. The van der Waals surface area contributed by atoms with E-state index >= 15 is 0 Å². The van der Waals surface area contributed by atoms with Crippen molar-refractivity contribution >= 4 is 21.6 Å². The Labute approximate surface area is 119 Å². The number of amides is 1. The molecular weight excluding hydrogens is 278 g/mol. The quantitative estimate of drug-likeness (QED) is 0.675. The van der Waals surface area contributed by atoms with Gasteiger partial charge in [0, 0.05) is 24.7 Å². The molecule has 1 amide bonds. The first-order valence-electron chi connectivity index (χ1n) is 6.37. The third-order valence-electron chi connectivity index (χ3n) is 2.58. The van der Waals surface area contributed by atoms with E-state index in [-0.39, 0.29) is 29.8 Å². The molecule has 1 aromatic carbocycles. The molecule has 0 saturated heterocycles.